The van der Waals surface area contributed by atoms with Crippen LogP contribution in [0.1, 0.15) is 36.2 Å². The molecule has 0 amide bonds. The van der Waals surface area contributed by atoms with E-state index in [4.69, 9.17) is 4.84 Å². The lowest BCUT2D eigenvalue weighted by Crippen LogP contribution is -2.47. The summed E-state index contributed by atoms with van der Waals surface area (Å²) in [6.45, 7) is 4.12. The Labute approximate surface area is 113 Å². The fourth-order valence-corrected chi connectivity index (χ4v) is 2.68. The van der Waals surface area contributed by atoms with E-state index in [1.165, 1.54) is 13.2 Å². The number of aliphatic hydroxyl groups excluding tert-OH is 1. The minimum Gasteiger partial charge on any atom is -0.510 e. The van der Waals surface area contributed by atoms with Gasteiger partial charge in [-0.2, -0.15) is 5.48 Å². The molecule has 1 aromatic carbocycles. The second kappa shape index (κ2) is 5.15. The van der Waals surface area contributed by atoms with Gasteiger partial charge < -0.3 is 9.94 Å². The predicted octanol–water partition coefficient (Wildman–Crippen LogP) is 2.72. The Morgan fingerprint density at radius 2 is 2.05 bits per heavy atom. The number of hydroxylamine groups is 1. The van der Waals surface area contributed by atoms with Gasteiger partial charge >= 0.3 is 0 Å². The van der Waals surface area contributed by atoms with Gasteiger partial charge in [-0.1, -0.05) is 38.1 Å². The predicted molar refractivity (Wildman–Crippen MR) is 72.8 cm³/mol. The van der Waals surface area contributed by atoms with E-state index in [0.717, 1.165) is 5.56 Å². The molecule has 0 aliphatic heterocycles. The van der Waals surface area contributed by atoms with Crippen molar-refractivity contribution >= 4 is 5.78 Å². The van der Waals surface area contributed by atoms with Crippen LogP contribution < -0.4 is 5.48 Å². The molecule has 2 rings (SSSR count). The quantitative estimate of drug-likeness (QED) is 0.818. The van der Waals surface area contributed by atoms with Crippen LogP contribution in [0.5, 0.6) is 0 Å². The standard InChI is InChI=1S/C15H19NO3/c1-10(2)9-15(16-19-3)12-7-5-4-6-11(12)13(17)8-14(15)18/h4-8,10,16,18H,9H2,1-3H3. The summed E-state index contributed by atoms with van der Waals surface area (Å²) in [6, 6.07) is 7.30. The maximum atomic E-state index is 12.0. The average Bonchev–Trinajstić information content (AvgIpc) is 2.36. The summed E-state index contributed by atoms with van der Waals surface area (Å²) in [5, 5.41) is 10.3. The Morgan fingerprint density at radius 1 is 1.37 bits per heavy atom. The van der Waals surface area contributed by atoms with Gasteiger partial charge in [-0.15, -0.1) is 0 Å². The molecule has 1 aromatic rings. The lowest BCUT2D eigenvalue weighted by atomic mass is 9.75. The Morgan fingerprint density at radius 3 is 2.68 bits per heavy atom. The first kappa shape index (κ1) is 13.8. The maximum absolute atomic E-state index is 12.0. The summed E-state index contributed by atoms with van der Waals surface area (Å²) in [4.78, 5) is 17.1. The summed E-state index contributed by atoms with van der Waals surface area (Å²) in [6.07, 6.45) is 1.91. The van der Waals surface area contributed by atoms with Crippen molar-refractivity contribution in [2.75, 3.05) is 7.11 Å². The van der Waals surface area contributed by atoms with Crippen LogP contribution in [0, 0.1) is 5.92 Å². The molecule has 1 unspecified atom stereocenters. The third-order valence-electron chi connectivity index (χ3n) is 3.35. The third kappa shape index (κ3) is 2.29. The molecule has 0 saturated heterocycles. The van der Waals surface area contributed by atoms with Crippen LogP contribution in [0.4, 0.5) is 0 Å². The minimum atomic E-state index is -0.854. The second-order valence-corrected chi connectivity index (χ2v) is 5.25. The molecule has 102 valence electrons. The molecule has 0 bridgehead atoms. The van der Waals surface area contributed by atoms with Crippen LogP contribution in [-0.4, -0.2) is 18.0 Å². The fraction of sp³-hybridized carbons (Fsp3) is 0.400. The molecule has 4 nitrogen and oxygen atoms in total. The molecule has 4 heteroatoms. The number of allylic oxidation sites excluding steroid dienone is 1. The van der Waals surface area contributed by atoms with E-state index < -0.39 is 5.54 Å². The van der Waals surface area contributed by atoms with E-state index >= 15 is 0 Å². The highest BCUT2D eigenvalue weighted by atomic mass is 16.6. The molecule has 1 aliphatic carbocycles. The second-order valence-electron chi connectivity index (χ2n) is 5.25. The lowest BCUT2D eigenvalue weighted by Gasteiger charge is -2.38. The Bertz CT molecular complexity index is 522. The number of hydrogen-bond acceptors (Lipinski definition) is 4. The largest absolute Gasteiger partial charge is 0.510 e. The first-order valence-electron chi connectivity index (χ1n) is 6.36. The SMILES string of the molecule is CONC1(CC(C)C)C(O)=CC(=O)c2ccccc21. The van der Waals surface area contributed by atoms with E-state index in [-0.39, 0.29) is 11.5 Å². The first-order valence-corrected chi connectivity index (χ1v) is 6.36. The number of rotatable bonds is 4. The van der Waals surface area contributed by atoms with Crippen molar-refractivity contribution < 1.29 is 14.7 Å². The van der Waals surface area contributed by atoms with Gasteiger partial charge in [0.05, 0.1) is 7.11 Å². The molecule has 1 aliphatic rings. The molecule has 0 spiro atoms. The number of hydrogen-bond donors (Lipinski definition) is 2. The van der Waals surface area contributed by atoms with Crippen LogP contribution in [0.3, 0.4) is 0 Å². The zero-order chi connectivity index (χ0) is 14.0. The minimum absolute atomic E-state index is 0.00625. The third-order valence-corrected chi connectivity index (χ3v) is 3.35. The maximum Gasteiger partial charge on any atom is 0.189 e. The number of aliphatic hydroxyl groups is 1. The molecule has 2 N–H and O–H groups in total. The Kier molecular flexibility index (Phi) is 3.73. The van der Waals surface area contributed by atoms with Gasteiger partial charge in [0.1, 0.15) is 11.3 Å². The summed E-state index contributed by atoms with van der Waals surface area (Å²) in [5.41, 5.74) is 3.39. The van der Waals surface area contributed by atoms with Crippen LogP contribution >= 0.6 is 0 Å². The number of ketones is 1. The summed E-state index contributed by atoms with van der Waals surface area (Å²) >= 11 is 0. The Balaban J connectivity index is 2.62. The van der Waals surface area contributed by atoms with Crippen molar-refractivity contribution in [1.82, 2.24) is 5.48 Å². The van der Waals surface area contributed by atoms with Crippen LogP contribution in [0.15, 0.2) is 36.1 Å². The molecule has 0 saturated carbocycles. The van der Waals surface area contributed by atoms with Gasteiger partial charge in [0, 0.05) is 11.6 Å². The molecule has 0 aromatic heterocycles. The zero-order valence-electron chi connectivity index (χ0n) is 11.4. The monoisotopic (exact) mass is 261 g/mol. The van der Waals surface area contributed by atoms with Gasteiger partial charge in [0.25, 0.3) is 0 Å². The summed E-state index contributed by atoms with van der Waals surface area (Å²) in [5.74, 6) is 0.150. The fourth-order valence-electron chi connectivity index (χ4n) is 2.68. The topological polar surface area (TPSA) is 58.6 Å². The van der Waals surface area contributed by atoms with Crippen LogP contribution in [0.2, 0.25) is 0 Å². The number of fused-ring (bicyclic) bond motifs is 1. The lowest BCUT2D eigenvalue weighted by molar-refractivity contribution is -0.00244. The summed E-state index contributed by atoms with van der Waals surface area (Å²) in [7, 11) is 1.51. The number of carbonyl (C=O) groups is 1. The van der Waals surface area contributed by atoms with Crippen molar-refractivity contribution in [2.45, 2.75) is 25.8 Å². The highest BCUT2D eigenvalue weighted by Gasteiger charge is 2.43. The van der Waals surface area contributed by atoms with Crippen molar-refractivity contribution in [3.05, 3.63) is 47.2 Å². The van der Waals surface area contributed by atoms with Crippen molar-refractivity contribution in [3.63, 3.8) is 0 Å². The van der Waals surface area contributed by atoms with Gasteiger partial charge in [-0.3, -0.25) is 4.79 Å². The smallest absolute Gasteiger partial charge is 0.189 e. The molecular weight excluding hydrogens is 242 g/mol. The number of carbonyl (C=O) groups excluding carboxylic acids is 1. The van der Waals surface area contributed by atoms with Gasteiger partial charge in [-0.05, 0) is 17.9 Å². The van der Waals surface area contributed by atoms with E-state index in [2.05, 4.69) is 19.3 Å². The number of benzene rings is 1. The van der Waals surface area contributed by atoms with E-state index in [0.29, 0.717) is 17.9 Å². The van der Waals surface area contributed by atoms with Crippen LogP contribution in [-0.2, 0) is 10.4 Å². The van der Waals surface area contributed by atoms with E-state index in [1.54, 1.807) is 6.07 Å². The Hall–Kier alpha value is -1.65. The highest BCUT2D eigenvalue weighted by Crippen LogP contribution is 2.39. The highest BCUT2D eigenvalue weighted by molar-refractivity contribution is 6.07. The summed E-state index contributed by atoms with van der Waals surface area (Å²) < 4.78 is 0. The molecule has 19 heavy (non-hydrogen) atoms. The molecule has 0 heterocycles. The van der Waals surface area contributed by atoms with Gasteiger partial charge in [0.15, 0.2) is 5.78 Å². The van der Waals surface area contributed by atoms with Gasteiger partial charge in [0.2, 0.25) is 0 Å². The van der Waals surface area contributed by atoms with Crippen molar-refractivity contribution in [2.24, 2.45) is 5.92 Å². The van der Waals surface area contributed by atoms with Crippen LogP contribution in [0.25, 0.3) is 0 Å². The van der Waals surface area contributed by atoms with E-state index in [9.17, 15) is 9.90 Å². The molecular formula is C15H19NO3. The zero-order valence-corrected chi connectivity index (χ0v) is 11.4. The van der Waals surface area contributed by atoms with E-state index in [1.807, 2.05) is 18.2 Å². The normalized spacial score (nSPS) is 22.3. The van der Waals surface area contributed by atoms with Crippen molar-refractivity contribution in [3.8, 4) is 0 Å². The average molecular weight is 261 g/mol. The molecule has 0 fully saturated rings. The molecule has 0 radical (unpaired) electrons. The number of nitrogens with one attached hydrogen (secondary N) is 1. The van der Waals surface area contributed by atoms with Crippen molar-refractivity contribution in [1.29, 1.82) is 0 Å². The first-order chi connectivity index (χ1) is 9.01. The van der Waals surface area contributed by atoms with Gasteiger partial charge in [-0.25, -0.2) is 0 Å². The molecule has 1 atom stereocenters.